The van der Waals surface area contributed by atoms with Crippen LogP contribution in [0.5, 0.6) is 6.01 Å². The molecule has 2 heterocycles. The van der Waals surface area contributed by atoms with Crippen molar-refractivity contribution in [3.05, 3.63) is 44.0 Å². The van der Waals surface area contributed by atoms with Crippen LogP contribution in [0.3, 0.4) is 0 Å². The van der Waals surface area contributed by atoms with Crippen LogP contribution in [-0.4, -0.2) is 23.2 Å². The first-order chi connectivity index (χ1) is 9.63. The summed E-state index contributed by atoms with van der Waals surface area (Å²) in [6, 6.07) is 3.75. The van der Waals surface area contributed by atoms with Gasteiger partial charge in [0.05, 0.1) is 20.2 Å². The molecule has 104 valence electrons. The van der Waals surface area contributed by atoms with Gasteiger partial charge in [0, 0.05) is 27.6 Å². The SMILES string of the molecule is COc1nc(C)cc(=O)n1Cc1cc(C#CCN)cs1. The van der Waals surface area contributed by atoms with Crippen LogP contribution in [0.4, 0.5) is 0 Å². The second-order valence-corrected chi connectivity index (χ2v) is 5.11. The fourth-order valence-electron chi connectivity index (χ4n) is 1.73. The molecule has 0 aromatic carbocycles. The van der Waals surface area contributed by atoms with E-state index >= 15 is 0 Å². The van der Waals surface area contributed by atoms with E-state index < -0.39 is 0 Å². The lowest BCUT2D eigenvalue weighted by atomic mass is 10.3. The first kappa shape index (κ1) is 14.3. The Bertz CT molecular complexity index is 722. The van der Waals surface area contributed by atoms with Gasteiger partial charge in [-0.2, -0.15) is 0 Å². The van der Waals surface area contributed by atoms with Crippen molar-refractivity contribution in [2.75, 3.05) is 13.7 Å². The molecule has 0 aliphatic heterocycles. The van der Waals surface area contributed by atoms with Crippen molar-refractivity contribution in [3.8, 4) is 17.9 Å². The van der Waals surface area contributed by atoms with Crippen molar-refractivity contribution < 1.29 is 4.74 Å². The van der Waals surface area contributed by atoms with E-state index in [1.807, 2.05) is 11.4 Å². The maximum atomic E-state index is 12.0. The predicted octanol–water partition coefficient (Wildman–Crippen LogP) is 0.980. The van der Waals surface area contributed by atoms with E-state index in [0.717, 1.165) is 10.4 Å². The van der Waals surface area contributed by atoms with Crippen molar-refractivity contribution in [1.82, 2.24) is 9.55 Å². The van der Waals surface area contributed by atoms with Gasteiger partial charge in [0.2, 0.25) is 0 Å². The minimum absolute atomic E-state index is 0.127. The first-order valence-electron chi connectivity index (χ1n) is 6.03. The van der Waals surface area contributed by atoms with E-state index in [1.54, 1.807) is 18.3 Å². The van der Waals surface area contributed by atoms with Crippen LogP contribution >= 0.6 is 11.3 Å². The van der Waals surface area contributed by atoms with Gasteiger partial charge in [0.25, 0.3) is 11.6 Å². The Balaban J connectivity index is 2.30. The van der Waals surface area contributed by atoms with Crippen LogP contribution in [0.1, 0.15) is 16.1 Å². The summed E-state index contributed by atoms with van der Waals surface area (Å²) in [7, 11) is 1.50. The minimum atomic E-state index is -0.127. The van der Waals surface area contributed by atoms with Crippen molar-refractivity contribution >= 4 is 11.3 Å². The highest BCUT2D eigenvalue weighted by atomic mass is 32.1. The summed E-state index contributed by atoms with van der Waals surface area (Å²) >= 11 is 1.54. The van der Waals surface area contributed by atoms with Crippen molar-refractivity contribution in [2.24, 2.45) is 5.73 Å². The van der Waals surface area contributed by atoms with E-state index in [2.05, 4.69) is 16.8 Å². The maximum absolute atomic E-state index is 12.0. The minimum Gasteiger partial charge on any atom is -0.468 e. The molecule has 2 rings (SSSR count). The number of aryl methyl sites for hydroxylation is 1. The quantitative estimate of drug-likeness (QED) is 0.855. The van der Waals surface area contributed by atoms with Crippen LogP contribution in [0.2, 0.25) is 0 Å². The number of ether oxygens (including phenoxy) is 1. The predicted molar refractivity (Wildman–Crippen MR) is 79.1 cm³/mol. The molecule has 0 aliphatic carbocycles. The fraction of sp³-hybridized carbons (Fsp3) is 0.286. The second kappa shape index (κ2) is 6.37. The molecule has 0 spiro atoms. The highest BCUT2D eigenvalue weighted by molar-refractivity contribution is 7.10. The van der Waals surface area contributed by atoms with E-state index in [4.69, 9.17) is 10.5 Å². The highest BCUT2D eigenvalue weighted by Crippen LogP contribution is 2.16. The summed E-state index contributed by atoms with van der Waals surface area (Å²) in [4.78, 5) is 17.2. The summed E-state index contributed by atoms with van der Waals surface area (Å²) < 4.78 is 6.66. The lowest BCUT2D eigenvalue weighted by Gasteiger charge is -2.09. The monoisotopic (exact) mass is 289 g/mol. The lowest BCUT2D eigenvalue weighted by molar-refractivity contribution is 0.350. The summed E-state index contributed by atoms with van der Waals surface area (Å²) in [6.45, 7) is 2.52. The van der Waals surface area contributed by atoms with Gasteiger partial charge in [0.1, 0.15) is 0 Å². The van der Waals surface area contributed by atoms with Crippen LogP contribution in [-0.2, 0) is 6.54 Å². The summed E-state index contributed by atoms with van der Waals surface area (Å²) in [5, 5.41) is 1.94. The van der Waals surface area contributed by atoms with Gasteiger partial charge in [-0.25, -0.2) is 4.98 Å². The molecule has 2 aromatic rings. The molecule has 0 atom stereocenters. The molecule has 2 aromatic heterocycles. The Morgan fingerprint density at radius 1 is 1.50 bits per heavy atom. The average Bonchev–Trinajstić information content (AvgIpc) is 2.86. The number of thiophene rings is 1. The van der Waals surface area contributed by atoms with Gasteiger partial charge >= 0.3 is 0 Å². The van der Waals surface area contributed by atoms with Gasteiger partial charge in [0.15, 0.2) is 0 Å². The summed E-state index contributed by atoms with van der Waals surface area (Å²) in [6.07, 6.45) is 0. The Kier molecular flexibility index (Phi) is 4.56. The average molecular weight is 289 g/mol. The third kappa shape index (κ3) is 3.26. The second-order valence-electron chi connectivity index (χ2n) is 4.12. The topological polar surface area (TPSA) is 70.1 Å². The van der Waals surface area contributed by atoms with Crippen molar-refractivity contribution in [3.63, 3.8) is 0 Å². The zero-order valence-corrected chi connectivity index (χ0v) is 12.2. The van der Waals surface area contributed by atoms with Gasteiger partial charge in [-0.15, -0.1) is 11.3 Å². The molecule has 0 saturated heterocycles. The molecule has 0 radical (unpaired) electrons. The molecule has 2 N–H and O–H groups in total. The van der Waals surface area contributed by atoms with Crippen LogP contribution in [0.15, 0.2) is 22.3 Å². The van der Waals surface area contributed by atoms with E-state index in [0.29, 0.717) is 24.8 Å². The zero-order valence-electron chi connectivity index (χ0n) is 11.3. The van der Waals surface area contributed by atoms with Gasteiger partial charge in [-0.05, 0) is 13.0 Å². The smallest absolute Gasteiger partial charge is 0.299 e. The molecule has 6 heteroatoms. The molecule has 5 nitrogen and oxygen atoms in total. The van der Waals surface area contributed by atoms with Crippen LogP contribution in [0, 0.1) is 18.8 Å². The molecule has 0 amide bonds. The maximum Gasteiger partial charge on any atom is 0.299 e. The zero-order chi connectivity index (χ0) is 14.5. The highest BCUT2D eigenvalue weighted by Gasteiger charge is 2.09. The van der Waals surface area contributed by atoms with Crippen molar-refractivity contribution in [1.29, 1.82) is 0 Å². The summed E-state index contributed by atoms with van der Waals surface area (Å²) in [5.41, 5.74) is 6.76. The molecule has 20 heavy (non-hydrogen) atoms. The largest absolute Gasteiger partial charge is 0.468 e. The van der Waals surface area contributed by atoms with Crippen molar-refractivity contribution in [2.45, 2.75) is 13.5 Å². The first-order valence-corrected chi connectivity index (χ1v) is 6.91. The van der Waals surface area contributed by atoms with Gasteiger partial charge < -0.3 is 10.5 Å². The number of aromatic nitrogens is 2. The Hall–Kier alpha value is -2.10. The van der Waals surface area contributed by atoms with Gasteiger partial charge in [-0.3, -0.25) is 9.36 Å². The number of hydrogen-bond acceptors (Lipinski definition) is 5. The fourth-order valence-corrected chi connectivity index (χ4v) is 2.54. The van der Waals surface area contributed by atoms with E-state index in [1.165, 1.54) is 17.7 Å². The molecule has 0 aliphatic rings. The molecule has 0 saturated carbocycles. The number of hydrogen-bond donors (Lipinski definition) is 1. The third-order valence-corrected chi connectivity index (χ3v) is 3.51. The number of rotatable bonds is 3. The Morgan fingerprint density at radius 3 is 3.00 bits per heavy atom. The van der Waals surface area contributed by atoms with Crippen LogP contribution in [0.25, 0.3) is 0 Å². The van der Waals surface area contributed by atoms with Crippen LogP contribution < -0.4 is 16.0 Å². The molecular formula is C14H15N3O2S. The summed E-state index contributed by atoms with van der Waals surface area (Å²) in [5.74, 6) is 5.77. The standard InChI is InChI=1S/C14H15N3O2S/c1-10-6-13(18)17(14(16-10)19-2)8-12-7-11(9-20-12)4-3-5-15/h6-7,9H,5,8,15H2,1-2H3. The van der Waals surface area contributed by atoms with E-state index in [9.17, 15) is 4.79 Å². The molecule has 0 fully saturated rings. The normalized spacial score (nSPS) is 9.95. The molecular weight excluding hydrogens is 274 g/mol. The number of nitrogens with zero attached hydrogens (tertiary/aromatic N) is 2. The third-order valence-electron chi connectivity index (χ3n) is 2.59. The lowest BCUT2D eigenvalue weighted by Crippen LogP contribution is -2.22. The Morgan fingerprint density at radius 2 is 2.30 bits per heavy atom. The van der Waals surface area contributed by atoms with E-state index in [-0.39, 0.29) is 5.56 Å². The molecule has 0 unspecified atom stereocenters. The number of nitrogens with two attached hydrogens (primary N) is 1. The van der Waals surface area contributed by atoms with Gasteiger partial charge in [-0.1, -0.05) is 11.8 Å². The molecule has 0 bridgehead atoms. The number of methoxy groups -OCH3 is 1. The Labute approximate surface area is 121 Å².